The number of rotatable bonds is 13. The van der Waals surface area contributed by atoms with Gasteiger partial charge < -0.3 is 54.9 Å². The maximum absolute atomic E-state index is 15.5. The van der Waals surface area contributed by atoms with E-state index in [-0.39, 0.29) is 31.5 Å². The van der Waals surface area contributed by atoms with Crippen molar-refractivity contribution in [3.63, 3.8) is 0 Å². The van der Waals surface area contributed by atoms with Gasteiger partial charge in [-0.05, 0) is 94.0 Å². The van der Waals surface area contributed by atoms with Crippen LogP contribution < -0.4 is 15.0 Å². The van der Waals surface area contributed by atoms with Crippen LogP contribution in [0.15, 0.2) is 60.2 Å². The first-order valence-corrected chi connectivity index (χ1v) is 27.6. The number of aromatic amines is 1. The maximum atomic E-state index is 15.5. The molecule has 3 amide bonds. The Morgan fingerprint density at radius 1 is 1.00 bits per heavy atom. The van der Waals surface area contributed by atoms with Gasteiger partial charge in [0.05, 0.1) is 50.6 Å². The zero-order valence-corrected chi connectivity index (χ0v) is 44.7. The fraction of sp³-hybridized carbons (Fsp3) is 0.621. The molecule has 8 aliphatic rings. The molecule has 410 valence electrons. The fourth-order valence-electron chi connectivity index (χ4n) is 16.3. The maximum Gasteiger partial charge on any atom is 0.322 e. The molecule has 14 atom stereocenters. The van der Waals surface area contributed by atoms with Crippen LogP contribution in [0.5, 0.6) is 5.75 Å². The van der Waals surface area contributed by atoms with E-state index in [2.05, 4.69) is 32.2 Å². The van der Waals surface area contributed by atoms with E-state index in [9.17, 15) is 35.1 Å². The van der Waals surface area contributed by atoms with Gasteiger partial charge in [-0.1, -0.05) is 50.3 Å². The van der Waals surface area contributed by atoms with E-state index in [0.29, 0.717) is 107 Å². The standard InChI is InChI=1S/C58H76N6O12/c1-7-54(72)28-34-29-57(53(71)75-6,46-36(16-22-62(30-34)32-54)35-14-9-10-15-40(35)60-46)39-25-38-41(26-44(39)74-5)61(4)50-56(38)18-23-63-20-13-17-55(8-2,49(56)63)51(69)58(50,73)52(70)59-19-11-12-21-64-47(67)33(3)24-37(48(64)68)43-27-42(66)45(31-65)76-43/h9-10,13-15,17,24-26,34,37,42-43,45,49-51,60,65-66,69,72-73H,7-8,11-12,16,18-23,27-32H2,1-6H3,(H,59,70)/t34?,37?,42-,43+,45+,49?,50?,51+,54-,55+,56?,57-,58-/m0/s1. The van der Waals surface area contributed by atoms with Crippen molar-refractivity contribution in [1.29, 1.82) is 0 Å². The number of fused-ring (bicyclic) bond motifs is 6. The van der Waals surface area contributed by atoms with Gasteiger partial charge >= 0.3 is 5.97 Å². The number of hydrogen-bond donors (Lipinski definition) is 7. The number of likely N-dealkylation sites (N-methyl/N-ethyl adjacent to an activating group) is 1. The third kappa shape index (κ3) is 7.55. The molecule has 4 fully saturated rings. The van der Waals surface area contributed by atoms with Crippen molar-refractivity contribution in [3.8, 4) is 5.75 Å². The van der Waals surface area contributed by atoms with Crippen molar-refractivity contribution in [2.45, 2.75) is 137 Å². The number of anilines is 1. The van der Waals surface area contributed by atoms with Crippen LogP contribution >= 0.6 is 0 Å². The lowest BCUT2D eigenvalue weighted by molar-refractivity contribution is -0.203. The Morgan fingerprint density at radius 3 is 2.51 bits per heavy atom. The van der Waals surface area contributed by atoms with Crippen molar-refractivity contribution in [1.82, 2.24) is 25.0 Å². The number of hydrogen-bond acceptors (Lipinski definition) is 15. The van der Waals surface area contributed by atoms with Gasteiger partial charge in [0.25, 0.3) is 11.8 Å². The first-order valence-electron chi connectivity index (χ1n) is 27.6. The normalized spacial score (nSPS) is 37.7. The topological polar surface area (TPSA) is 238 Å². The number of aromatic nitrogens is 1. The minimum absolute atomic E-state index is 0.0571. The summed E-state index contributed by atoms with van der Waals surface area (Å²) in [6.45, 7) is 8.48. The number of carbonyl (C=O) groups excluding carboxylic acids is 4. The molecule has 0 radical (unpaired) electrons. The zero-order chi connectivity index (χ0) is 53.9. The number of unbranched alkanes of at least 4 members (excludes halogenated alkanes) is 1. The van der Waals surface area contributed by atoms with Crippen LogP contribution in [0, 0.1) is 17.3 Å². The van der Waals surface area contributed by atoms with Gasteiger partial charge in [-0.15, -0.1) is 0 Å². The number of nitrogens with one attached hydrogen (secondary N) is 2. The van der Waals surface area contributed by atoms with E-state index in [4.69, 9.17) is 14.2 Å². The fourth-order valence-corrected chi connectivity index (χ4v) is 16.3. The number of piperidine rings is 1. The van der Waals surface area contributed by atoms with Crippen molar-refractivity contribution in [3.05, 3.63) is 82.6 Å². The number of nitrogens with zero attached hydrogens (tertiary/aromatic N) is 4. The van der Waals surface area contributed by atoms with E-state index in [0.717, 1.165) is 27.7 Å². The molecule has 1 aliphatic carbocycles. The molecule has 1 aromatic heterocycles. The molecular formula is C58H76N6O12. The van der Waals surface area contributed by atoms with Crippen LogP contribution in [-0.4, -0.2) is 190 Å². The van der Waals surface area contributed by atoms with Gasteiger partial charge in [0.15, 0.2) is 5.60 Å². The third-order valence-electron chi connectivity index (χ3n) is 19.7. The highest BCUT2D eigenvalue weighted by Gasteiger charge is 2.78. The van der Waals surface area contributed by atoms with Gasteiger partial charge in [0.1, 0.15) is 23.4 Å². The predicted molar refractivity (Wildman–Crippen MR) is 281 cm³/mol. The van der Waals surface area contributed by atoms with Gasteiger partial charge in [-0.25, -0.2) is 0 Å². The summed E-state index contributed by atoms with van der Waals surface area (Å²) in [6.07, 6.45) is 5.27. The number of esters is 1. The lowest BCUT2D eigenvalue weighted by atomic mass is 9.47. The smallest absolute Gasteiger partial charge is 0.322 e. The van der Waals surface area contributed by atoms with Crippen LogP contribution in [0.2, 0.25) is 0 Å². The average Bonchev–Trinajstić information content (AvgIpc) is 4.38. The first-order chi connectivity index (χ1) is 36.4. The van der Waals surface area contributed by atoms with Crippen LogP contribution in [0.25, 0.3) is 10.9 Å². The molecular weight excluding hydrogens is 973 g/mol. The van der Waals surface area contributed by atoms with E-state index >= 15 is 9.59 Å². The van der Waals surface area contributed by atoms with Crippen molar-refractivity contribution in [2.75, 3.05) is 78.6 Å². The molecule has 6 unspecified atom stereocenters. The summed E-state index contributed by atoms with van der Waals surface area (Å²) in [4.78, 5) is 69.5. The van der Waals surface area contributed by atoms with Gasteiger partial charge in [0, 0.05) is 109 Å². The predicted octanol–water partition coefficient (Wildman–Crippen LogP) is 2.59. The van der Waals surface area contributed by atoms with E-state index < -0.39 is 94.1 Å². The second-order valence-corrected chi connectivity index (χ2v) is 23.5. The summed E-state index contributed by atoms with van der Waals surface area (Å²) in [5.74, 6) is -2.63. The molecule has 18 heteroatoms. The minimum atomic E-state index is -2.39. The Balaban J connectivity index is 0.972. The number of amides is 3. The first kappa shape index (κ1) is 52.9. The van der Waals surface area contributed by atoms with E-state index in [1.165, 1.54) is 12.0 Å². The number of carbonyl (C=O) groups is 4. The number of para-hydroxylation sites is 1. The Labute approximate surface area is 444 Å². The van der Waals surface area contributed by atoms with Crippen molar-refractivity contribution in [2.24, 2.45) is 17.3 Å². The SMILES string of the molecule is CC[C@]1(O)CC2CN(CCc3c([nH]c4ccccc34)[C@@](C(=O)OC)(c3cc4c(cc3OC)N(C)C3C45CCN4CC=C[C@](CC)(C45)[C@@H](O)[C@]3(O)C(=O)NCCCCN3C(=O)C(C)=CC([C@H]4C[C@H](O)[C@@H](CO)O4)C3=O)C2)C1. The number of aliphatic hydroxyl groups is 5. The lowest BCUT2D eigenvalue weighted by Gasteiger charge is -2.63. The monoisotopic (exact) mass is 1050 g/mol. The molecule has 1 spiro atoms. The number of benzene rings is 2. The van der Waals surface area contributed by atoms with Crippen LogP contribution in [0.4, 0.5) is 5.69 Å². The zero-order valence-electron chi connectivity index (χ0n) is 44.7. The van der Waals surface area contributed by atoms with Gasteiger partial charge in [-0.3, -0.25) is 33.9 Å². The summed E-state index contributed by atoms with van der Waals surface area (Å²) in [6, 6.07) is 10.8. The summed E-state index contributed by atoms with van der Waals surface area (Å²) in [5.41, 5.74) is -1.79. The molecule has 18 nitrogen and oxygen atoms in total. The minimum Gasteiger partial charge on any atom is -0.496 e. The number of aliphatic hydroxyl groups excluding tert-OH is 3. The van der Waals surface area contributed by atoms with E-state index in [1.54, 1.807) is 20.1 Å². The summed E-state index contributed by atoms with van der Waals surface area (Å²) in [5, 5.41) is 62.9. The Hall–Kier alpha value is -5.18. The second kappa shape index (κ2) is 19.3. The van der Waals surface area contributed by atoms with Crippen molar-refractivity contribution >= 4 is 40.3 Å². The van der Waals surface area contributed by atoms with Crippen LogP contribution in [0.3, 0.4) is 0 Å². The van der Waals surface area contributed by atoms with Crippen LogP contribution in [0.1, 0.15) is 94.5 Å². The third-order valence-corrected chi connectivity index (χ3v) is 19.7. The quantitative estimate of drug-likeness (QED) is 0.0564. The highest BCUT2D eigenvalue weighted by atomic mass is 16.5. The Bertz CT molecular complexity index is 2890. The number of imide groups is 1. The Kier molecular flexibility index (Phi) is 13.4. The molecule has 8 heterocycles. The molecule has 11 rings (SSSR count). The number of H-pyrrole nitrogens is 1. The molecule has 2 aromatic carbocycles. The number of methoxy groups -OCH3 is 2. The highest BCUT2D eigenvalue weighted by molar-refractivity contribution is 6.08. The largest absolute Gasteiger partial charge is 0.496 e. The van der Waals surface area contributed by atoms with Gasteiger partial charge in [0.2, 0.25) is 5.91 Å². The molecule has 76 heavy (non-hydrogen) atoms. The lowest BCUT2D eigenvalue weighted by Crippen LogP contribution is -2.81. The second-order valence-electron chi connectivity index (χ2n) is 23.5. The molecule has 2 bridgehead atoms. The molecule has 7 aliphatic heterocycles. The molecule has 3 aromatic rings. The highest BCUT2D eigenvalue weighted by Crippen LogP contribution is 2.67. The van der Waals surface area contributed by atoms with Gasteiger partial charge in [-0.2, -0.15) is 0 Å². The van der Waals surface area contributed by atoms with E-state index in [1.807, 2.05) is 62.2 Å². The molecule has 7 N–H and O–H groups in total. The van der Waals surface area contributed by atoms with Crippen LogP contribution in [-0.2, 0) is 45.9 Å². The average molecular weight is 1050 g/mol. The van der Waals surface area contributed by atoms with Crippen molar-refractivity contribution < 1.29 is 58.9 Å². The summed E-state index contributed by atoms with van der Waals surface area (Å²) >= 11 is 0. The molecule has 3 saturated heterocycles. The number of ether oxygens (including phenoxy) is 3. The Morgan fingerprint density at radius 2 is 1.79 bits per heavy atom. The summed E-state index contributed by atoms with van der Waals surface area (Å²) < 4.78 is 18.2. The molecule has 1 saturated carbocycles. The summed E-state index contributed by atoms with van der Waals surface area (Å²) in [7, 11) is 4.86.